The number of aryl methyl sites for hydroxylation is 2. The van der Waals surface area contributed by atoms with Crippen LogP contribution in [-0.2, 0) is 13.0 Å². The van der Waals surface area contributed by atoms with Crippen LogP contribution < -0.4 is 5.32 Å². The smallest absolute Gasteiger partial charge is 0.0521 e. The molecular formula is C18H27N3. The highest BCUT2D eigenvalue weighted by Crippen LogP contribution is 2.23. The molecule has 3 heteroatoms. The van der Waals surface area contributed by atoms with Crippen molar-refractivity contribution in [2.45, 2.75) is 46.1 Å². The summed E-state index contributed by atoms with van der Waals surface area (Å²) in [7, 11) is 0. The molecule has 0 amide bonds. The van der Waals surface area contributed by atoms with Gasteiger partial charge in [-0.15, -0.1) is 0 Å². The average Bonchev–Trinajstić information content (AvgIpc) is 2.95. The molecule has 0 aliphatic rings. The van der Waals surface area contributed by atoms with E-state index in [0.717, 1.165) is 26.1 Å². The first-order valence-corrected chi connectivity index (χ1v) is 8.02. The quantitative estimate of drug-likeness (QED) is 0.752. The Kier molecular flexibility index (Phi) is 6.00. The van der Waals surface area contributed by atoms with Crippen molar-refractivity contribution in [2.75, 3.05) is 13.1 Å². The lowest BCUT2D eigenvalue weighted by molar-refractivity contribution is 0.574. The highest BCUT2D eigenvalue weighted by molar-refractivity contribution is 5.31. The van der Waals surface area contributed by atoms with Crippen molar-refractivity contribution in [1.82, 2.24) is 15.1 Å². The van der Waals surface area contributed by atoms with Crippen molar-refractivity contribution in [2.24, 2.45) is 0 Å². The lowest BCUT2D eigenvalue weighted by Gasteiger charge is -2.19. The van der Waals surface area contributed by atoms with Gasteiger partial charge in [-0.2, -0.15) is 5.10 Å². The predicted octanol–water partition coefficient (Wildman–Crippen LogP) is 3.54. The Labute approximate surface area is 128 Å². The number of nitrogens with one attached hydrogen (secondary N) is 1. The summed E-state index contributed by atoms with van der Waals surface area (Å²) in [6.07, 6.45) is 6.40. The maximum atomic E-state index is 4.40. The molecule has 0 bridgehead atoms. The molecule has 0 fully saturated rings. The molecule has 2 rings (SSSR count). The molecule has 0 aliphatic carbocycles. The third-order valence-electron chi connectivity index (χ3n) is 3.94. The highest BCUT2D eigenvalue weighted by atomic mass is 15.3. The second kappa shape index (κ2) is 7.99. The van der Waals surface area contributed by atoms with Gasteiger partial charge in [0.05, 0.1) is 6.20 Å². The Morgan fingerprint density at radius 2 is 2.05 bits per heavy atom. The van der Waals surface area contributed by atoms with E-state index in [-0.39, 0.29) is 0 Å². The Morgan fingerprint density at radius 1 is 1.24 bits per heavy atom. The van der Waals surface area contributed by atoms with Crippen molar-refractivity contribution in [3.05, 3.63) is 53.3 Å². The molecule has 1 heterocycles. The molecule has 1 unspecified atom stereocenters. The van der Waals surface area contributed by atoms with Crippen LogP contribution >= 0.6 is 0 Å². The molecule has 2 aromatic rings. The van der Waals surface area contributed by atoms with Crippen LogP contribution in [-0.4, -0.2) is 22.9 Å². The molecule has 114 valence electrons. The summed E-state index contributed by atoms with van der Waals surface area (Å²) in [5.41, 5.74) is 4.15. The molecule has 0 saturated heterocycles. The molecule has 3 nitrogen and oxygen atoms in total. The number of rotatable bonds is 8. The summed E-state index contributed by atoms with van der Waals surface area (Å²) in [4.78, 5) is 0. The molecule has 21 heavy (non-hydrogen) atoms. The van der Waals surface area contributed by atoms with Crippen LogP contribution in [0.5, 0.6) is 0 Å². The van der Waals surface area contributed by atoms with Crippen LogP contribution in [0.15, 0.2) is 36.7 Å². The first-order chi connectivity index (χ1) is 10.2. The van der Waals surface area contributed by atoms with Gasteiger partial charge in [0, 0.05) is 25.2 Å². The van der Waals surface area contributed by atoms with Gasteiger partial charge in [0.1, 0.15) is 0 Å². The average molecular weight is 285 g/mol. The van der Waals surface area contributed by atoms with Crippen molar-refractivity contribution >= 4 is 0 Å². The zero-order valence-corrected chi connectivity index (χ0v) is 13.5. The molecule has 0 spiro atoms. The molecule has 1 N–H and O–H groups in total. The molecule has 1 aromatic carbocycles. The number of nitrogens with zero attached hydrogens (tertiary/aromatic N) is 2. The summed E-state index contributed by atoms with van der Waals surface area (Å²) >= 11 is 0. The van der Waals surface area contributed by atoms with Gasteiger partial charge in [0.25, 0.3) is 0 Å². The van der Waals surface area contributed by atoms with Gasteiger partial charge in [-0.1, -0.05) is 31.2 Å². The maximum Gasteiger partial charge on any atom is 0.0521 e. The van der Waals surface area contributed by atoms with Crippen LogP contribution in [0.3, 0.4) is 0 Å². The van der Waals surface area contributed by atoms with E-state index in [4.69, 9.17) is 0 Å². The number of benzene rings is 1. The SMILES string of the molecule is CCCNCC(Cc1cnn(CC)c1)c1ccccc1C. The fraction of sp³-hybridized carbons (Fsp3) is 0.500. The monoisotopic (exact) mass is 285 g/mol. The minimum absolute atomic E-state index is 0.507. The normalized spacial score (nSPS) is 12.5. The molecular weight excluding hydrogens is 258 g/mol. The van der Waals surface area contributed by atoms with Gasteiger partial charge in [-0.25, -0.2) is 0 Å². The minimum Gasteiger partial charge on any atom is -0.316 e. The zero-order valence-electron chi connectivity index (χ0n) is 13.5. The summed E-state index contributed by atoms with van der Waals surface area (Å²) in [6, 6.07) is 8.73. The van der Waals surface area contributed by atoms with E-state index in [1.165, 1.54) is 23.1 Å². The summed E-state index contributed by atoms with van der Waals surface area (Å²) in [6.45, 7) is 9.58. The van der Waals surface area contributed by atoms with Gasteiger partial charge < -0.3 is 5.32 Å². The van der Waals surface area contributed by atoms with Gasteiger partial charge in [-0.3, -0.25) is 4.68 Å². The number of hydrogen-bond donors (Lipinski definition) is 1. The molecule has 1 atom stereocenters. The molecule has 0 saturated carbocycles. The van der Waals surface area contributed by atoms with Crippen LogP contribution in [0, 0.1) is 6.92 Å². The third kappa shape index (κ3) is 4.43. The number of aromatic nitrogens is 2. The first kappa shape index (κ1) is 15.8. The second-order valence-electron chi connectivity index (χ2n) is 5.67. The van der Waals surface area contributed by atoms with Gasteiger partial charge >= 0.3 is 0 Å². The first-order valence-electron chi connectivity index (χ1n) is 8.02. The second-order valence-corrected chi connectivity index (χ2v) is 5.67. The molecule has 1 aromatic heterocycles. The van der Waals surface area contributed by atoms with Crippen molar-refractivity contribution < 1.29 is 0 Å². The van der Waals surface area contributed by atoms with Crippen LogP contribution in [0.1, 0.15) is 42.9 Å². The van der Waals surface area contributed by atoms with Gasteiger partial charge in [-0.05, 0) is 49.9 Å². The predicted molar refractivity (Wildman–Crippen MR) is 88.7 cm³/mol. The van der Waals surface area contributed by atoms with Crippen molar-refractivity contribution in [3.8, 4) is 0 Å². The van der Waals surface area contributed by atoms with E-state index < -0.39 is 0 Å². The van der Waals surface area contributed by atoms with Crippen LogP contribution in [0.25, 0.3) is 0 Å². The van der Waals surface area contributed by atoms with Crippen molar-refractivity contribution in [3.63, 3.8) is 0 Å². The Bertz CT molecular complexity index is 545. The van der Waals surface area contributed by atoms with Crippen LogP contribution in [0.4, 0.5) is 0 Å². The Hall–Kier alpha value is -1.61. The Morgan fingerprint density at radius 3 is 2.71 bits per heavy atom. The highest BCUT2D eigenvalue weighted by Gasteiger charge is 2.15. The summed E-state index contributed by atoms with van der Waals surface area (Å²) < 4.78 is 2.00. The lowest BCUT2D eigenvalue weighted by Crippen LogP contribution is -2.24. The van der Waals surface area contributed by atoms with E-state index in [0.29, 0.717) is 5.92 Å². The summed E-state index contributed by atoms with van der Waals surface area (Å²) in [5, 5.41) is 7.97. The van der Waals surface area contributed by atoms with Crippen LogP contribution in [0.2, 0.25) is 0 Å². The zero-order chi connectivity index (χ0) is 15.1. The van der Waals surface area contributed by atoms with Gasteiger partial charge in [0.15, 0.2) is 0 Å². The Balaban J connectivity index is 2.13. The minimum atomic E-state index is 0.507. The summed E-state index contributed by atoms with van der Waals surface area (Å²) in [5.74, 6) is 0.507. The molecule has 0 aliphatic heterocycles. The fourth-order valence-corrected chi connectivity index (χ4v) is 2.76. The standard InChI is InChI=1S/C18H27N3/c1-4-10-19-13-17(18-9-7-6-8-15(18)3)11-16-12-20-21(5-2)14-16/h6-9,12,14,17,19H,4-5,10-11,13H2,1-3H3. The topological polar surface area (TPSA) is 29.9 Å². The molecule has 0 radical (unpaired) electrons. The van der Waals surface area contributed by atoms with Gasteiger partial charge in [0.2, 0.25) is 0 Å². The van der Waals surface area contributed by atoms with E-state index in [2.05, 4.69) is 61.6 Å². The largest absolute Gasteiger partial charge is 0.316 e. The van der Waals surface area contributed by atoms with E-state index in [1.807, 2.05) is 10.9 Å². The maximum absolute atomic E-state index is 4.40. The van der Waals surface area contributed by atoms with E-state index in [1.54, 1.807) is 0 Å². The number of hydrogen-bond acceptors (Lipinski definition) is 2. The fourth-order valence-electron chi connectivity index (χ4n) is 2.76. The van der Waals surface area contributed by atoms with E-state index >= 15 is 0 Å². The third-order valence-corrected chi connectivity index (χ3v) is 3.94. The lowest BCUT2D eigenvalue weighted by atomic mass is 9.90. The van der Waals surface area contributed by atoms with Crippen molar-refractivity contribution in [1.29, 1.82) is 0 Å². The van der Waals surface area contributed by atoms with E-state index in [9.17, 15) is 0 Å².